The van der Waals surface area contributed by atoms with Crippen LogP contribution in [-0.4, -0.2) is 24.0 Å². The molecule has 0 amide bonds. The van der Waals surface area contributed by atoms with Crippen molar-refractivity contribution in [3.63, 3.8) is 0 Å². The number of hydrogen-bond acceptors (Lipinski definition) is 3. The number of anilines is 2. The Morgan fingerprint density at radius 1 is 1.35 bits per heavy atom. The van der Waals surface area contributed by atoms with E-state index in [0.29, 0.717) is 29.6 Å². The zero-order valence-electron chi connectivity index (χ0n) is 9.09. The predicted molar refractivity (Wildman–Crippen MR) is 62.5 cm³/mol. The van der Waals surface area contributed by atoms with Crippen LogP contribution in [0.5, 0.6) is 0 Å². The summed E-state index contributed by atoms with van der Waals surface area (Å²) < 4.78 is 25.7. The molecule has 3 nitrogen and oxygen atoms in total. The highest BCUT2D eigenvalue weighted by molar-refractivity contribution is 6.33. The van der Waals surface area contributed by atoms with Crippen molar-refractivity contribution in [3.05, 3.63) is 17.3 Å². The summed E-state index contributed by atoms with van der Waals surface area (Å²) in [5, 5.41) is 0.478. The van der Waals surface area contributed by atoms with Gasteiger partial charge >= 0.3 is 0 Å². The van der Waals surface area contributed by atoms with Crippen LogP contribution < -0.4 is 10.6 Å². The topological polar surface area (TPSA) is 42.1 Å². The minimum atomic E-state index is -2.47. The van der Waals surface area contributed by atoms with Crippen LogP contribution in [0.15, 0.2) is 12.3 Å². The second-order valence-corrected chi connectivity index (χ2v) is 5.55. The lowest BCUT2D eigenvalue weighted by molar-refractivity contribution is -0.170. The number of rotatable bonds is 1. The molecule has 0 unspecified atom stereocenters. The monoisotopic (exact) mass is 259 g/mol. The Hall–Kier alpha value is -1.10. The van der Waals surface area contributed by atoms with Crippen molar-refractivity contribution in [1.29, 1.82) is 0 Å². The molecule has 1 spiro atoms. The molecule has 1 saturated carbocycles. The van der Waals surface area contributed by atoms with Gasteiger partial charge in [0.15, 0.2) is 0 Å². The third-order valence-corrected chi connectivity index (χ3v) is 3.74. The maximum atomic E-state index is 12.8. The molecule has 1 aliphatic carbocycles. The van der Waals surface area contributed by atoms with E-state index in [1.165, 1.54) is 6.20 Å². The third kappa shape index (κ3) is 1.73. The van der Waals surface area contributed by atoms with Crippen molar-refractivity contribution in [2.75, 3.05) is 23.7 Å². The minimum absolute atomic E-state index is 0.0108. The van der Waals surface area contributed by atoms with Gasteiger partial charge < -0.3 is 10.6 Å². The fraction of sp³-hybridized carbons (Fsp3) is 0.545. The lowest BCUT2D eigenvalue weighted by Gasteiger charge is -2.59. The molecule has 92 valence electrons. The molecule has 0 radical (unpaired) electrons. The Labute approximate surface area is 103 Å². The molecule has 0 aromatic carbocycles. The predicted octanol–water partition coefficient (Wildman–Crippen LogP) is 2.55. The maximum Gasteiger partial charge on any atom is 0.249 e. The largest absolute Gasteiger partial charge is 0.397 e. The van der Waals surface area contributed by atoms with Crippen LogP contribution in [0.3, 0.4) is 0 Å². The summed E-state index contributed by atoms with van der Waals surface area (Å²) in [5.74, 6) is -1.83. The van der Waals surface area contributed by atoms with E-state index in [1.54, 1.807) is 6.07 Å². The van der Waals surface area contributed by atoms with E-state index >= 15 is 0 Å². The fourth-order valence-corrected chi connectivity index (χ4v) is 3.15. The maximum absolute atomic E-state index is 12.8. The van der Waals surface area contributed by atoms with Crippen molar-refractivity contribution in [3.8, 4) is 0 Å². The minimum Gasteiger partial charge on any atom is -0.397 e. The van der Waals surface area contributed by atoms with Crippen LogP contribution >= 0.6 is 11.6 Å². The summed E-state index contributed by atoms with van der Waals surface area (Å²) >= 11 is 6.02. The van der Waals surface area contributed by atoms with Crippen molar-refractivity contribution in [1.82, 2.24) is 4.98 Å². The van der Waals surface area contributed by atoms with Crippen molar-refractivity contribution in [2.45, 2.75) is 18.8 Å². The Bertz CT molecular complexity index is 462. The van der Waals surface area contributed by atoms with Crippen LogP contribution in [0.4, 0.5) is 20.3 Å². The molecule has 1 aromatic rings. The number of nitrogen functional groups attached to an aromatic ring is 1. The Morgan fingerprint density at radius 2 is 2.00 bits per heavy atom. The highest BCUT2D eigenvalue weighted by atomic mass is 35.5. The first kappa shape index (κ1) is 11.0. The molecule has 2 N–H and O–H groups in total. The second kappa shape index (κ2) is 3.22. The molecule has 0 bridgehead atoms. The number of halogens is 3. The summed E-state index contributed by atoms with van der Waals surface area (Å²) in [5.41, 5.74) is 5.84. The van der Waals surface area contributed by atoms with Crippen LogP contribution in [-0.2, 0) is 0 Å². The van der Waals surface area contributed by atoms with Gasteiger partial charge in [0.25, 0.3) is 0 Å². The standard InChI is InChI=1S/C11H12ClF2N3/c12-8-1-7(15)2-16-9(8)17-5-10(6-17)3-11(13,14)4-10/h1-2H,3-6,15H2. The van der Waals surface area contributed by atoms with Crippen molar-refractivity contribution in [2.24, 2.45) is 5.41 Å². The van der Waals surface area contributed by atoms with Crippen LogP contribution in [0.1, 0.15) is 12.8 Å². The summed E-state index contributed by atoms with van der Waals surface area (Å²) in [4.78, 5) is 6.07. The van der Waals surface area contributed by atoms with Crippen LogP contribution in [0.25, 0.3) is 0 Å². The van der Waals surface area contributed by atoms with E-state index in [-0.39, 0.29) is 18.3 Å². The first-order valence-electron chi connectivity index (χ1n) is 5.43. The fourth-order valence-electron chi connectivity index (χ4n) is 2.86. The Morgan fingerprint density at radius 3 is 2.53 bits per heavy atom. The SMILES string of the molecule is Nc1cnc(N2CC3(C2)CC(F)(F)C3)c(Cl)c1. The van der Waals surface area contributed by atoms with E-state index in [1.807, 2.05) is 4.90 Å². The molecule has 1 aromatic heterocycles. The molecular weight excluding hydrogens is 248 g/mol. The summed E-state index contributed by atoms with van der Waals surface area (Å²) in [6.45, 7) is 1.22. The van der Waals surface area contributed by atoms with Crippen LogP contribution in [0.2, 0.25) is 5.02 Å². The first-order valence-corrected chi connectivity index (χ1v) is 5.81. The van der Waals surface area contributed by atoms with E-state index < -0.39 is 5.92 Å². The number of hydrogen-bond donors (Lipinski definition) is 1. The summed E-state index contributed by atoms with van der Waals surface area (Å²) in [7, 11) is 0. The van der Waals surface area contributed by atoms with Gasteiger partial charge in [0, 0.05) is 31.3 Å². The van der Waals surface area contributed by atoms with Crippen molar-refractivity contribution >= 4 is 23.1 Å². The first-order chi connectivity index (χ1) is 7.89. The third-order valence-electron chi connectivity index (χ3n) is 3.46. The highest BCUT2D eigenvalue weighted by Gasteiger charge is 2.62. The number of aromatic nitrogens is 1. The molecule has 1 aliphatic heterocycles. The molecule has 3 rings (SSSR count). The number of alkyl halides is 2. The van der Waals surface area contributed by atoms with Gasteiger partial charge in [-0.1, -0.05) is 11.6 Å². The molecule has 1 saturated heterocycles. The quantitative estimate of drug-likeness (QED) is 0.843. The average Bonchev–Trinajstić information content (AvgIpc) is 2.10. The lowest BCUT2D eigenvalue weighted by atomic mass is 9.61. The number of nitrogens with two attached hydrogens (primary N) is 1. The lowest BCUT2D eigenvalue weighted by Crippen LogP contribution is -2.66. The molecule has 0 atom stereocenters. The van der Waals surface area contributed by atoms with E-state index in [9.17, 15) is 8.78 Å². The summed E-state index contributed by atoms with van der Waals surface area (Å²) in [6, 6.07) is 1.63. The normalized spacial score (nSPS) is 24.3. The molecule has 17 heavy (non-hydrogen) atoms. The Kier molecular flexibility index (Phi) is 2.09. The van der Waals surface area contributed by atoms with E-state index in [0.717, 1.165) is 0 Å². The zero-order chi connectivity index (χ0) is 12.3. The molecule has 2 aliphatic rings. The smallest absolute Gasteiger partial charge is 0.249 e. The highest BCUT2D eigenvalue weighted by Crippen LogP contribution is 2.57. The van der Waals surface area contributed by atoms with Gasteiger partial charge in [0.05, 0.1) is 16.9 Å². The van der Waals surface area contributed by atoms with Gasteiger partial charge in [0.1, 0.15) is 5.82 Å². The van der Waals surface area contributed by atoms with E-state index in [4.69, 9.17) is 17.3 Å². The van der Waals surface area contributed by atoms with Gasteiger partial charge in [-0.2, -0.15) is 0 Å². The van der Waals surface area contributed by atoms with Crippen LogP contribution in [0, 0.1) is 5.41 Å². The molecular formula is C11H12ClF2N3. The number of nitrogens with zero attached hydrogens (tertiary/aromatic N) is 2. The second-order valence-electron chi connectivity index (χ2n) is 5.14. The van der Waals surface area contributed by atoms with E-state index in [2.05, 4.69) is 4.98 Å². The summed E-state index contributed by atoms with van der Waals surface area (Å²) in [6.07, 6.45) is 1.51. The van der Waals surface area contributed by atoms with Crippen molar-refractivity contribution < 1.29 is 8.78 Å². The van der Waals surface area contributed by atoms with Gasteiger partial charge in [-0.15, -0.1) is 0 Å². The molecule has 2 heterocycles. The van der Waals surface area contributed by atoms with Gasteiger partial charge in [0.2, 0.25) is 5.92 Å². The number of pyridine rings is 1. The van der Waals surface area contributed by atoms with Gasteiger partial charge in [-0.3, -0.25) is 0 Å². The van der Waals surface area contributed by atoms with Gasteiger partial charge in [-0.05, 0) is 6.07 Å². The molecule has 6 heteroatoms. The average molecular weight is 260 g/mol. The zero-order valence-corrected chi connectivity index (χ0v) is 9.84. The van der Waals surface area contributed by atoms with Gasteiger partial charge in [-0.25, -0.2) is 13.8 Å². The Balaban J connectivity index is 1.70. The molecule has 2 fully saturated rings.